The summed E-state index contributed by atoms with van der Waals surface area (Å²) in [6.45, 7) is 15.1. The maximum absolute atomic E-state index is 12.0. The quantitative estimate of drug-likeness (QED) is 0.774. The summed E-state index contributed by atoms with van der Waals surface area (Å²) in [6, 6.07) is 6.78. The van der Waals surface area contributed by atoms with Crippen molar-refractivity contribution in [2.75, 3.05) is 0 Å². The summed E-state index contributed by atoms with van der Waals surface area (Å²) in [5, 5.41) is 0. The molecule has 0 radical (unpaired) electrons. The molecule has 2 heteroatoms. The third-order valence-electron chi connectivity index (χ3n) is 2.60. The number of carbonyl (C=O) groups excluding carboxylic acids is 2. The van der Waals surface area contributed by atoms with Crippen molar-refractivity contribution in [3.63, 3.8) is 0 Å². The standard InChI is InChI=1S/C14H10O2.2C2H6/c1-3-9-10(4-2)14(16)12-8-6-5-7-11(12)13(9)15;2*1-2/h3-8H,1-2H2;2*1-2H3. The van der Waals surface area contributed by atoms with Gasteiger partial charge in [0.2, 0.25) is 0 Å². The average Bonchev–Trinajstić information content (AvgIpc) is 2.54. The monoisotopic (exact) mass is 270 g/mol. The fourth-order valence-electron chi connectivity index (χ4n) is 1.82. The lowest BCUT2D eigenvalue weighted by molar-refractivity contribution is 0.0980. The van der Waals surface area contributed by atoms with Gasteiger partial charge in [0.25, 0.3) is 0 Å². The number of allylic oxidation sites excluding steroid dienone is 4. The highest BCUT2D eigenvalue weighted by Crippen LogP contribution is 2.27. The first kappa shape index (κ1) is 17.8. The zero-order valence-corrected chi connectivity index (χ0v) is 12.7. The normalized spacial score (nSPS) is 12.4. The van der Waals surface area contributed by atoms with E-state index < -0.39 is 0 Å². The van der Waals surface area contributed by atoms with E-state index >= 15 is 0 Å². The molecular formula is C18H22O2. The van der Waals surface area contributed by atoms with Crippen molar-refractivity contribution < 1.29 is 9.59 Å². The molecule has 0 fully saturated rings. The largest absolute Gasteiger partial charge is 0.289 e. The Kier molecular flexibility index (Phi) is 7.83. The van der Waals surface area contributed by atoms with Crippen LogP contribution in [-0.2, 0) is 0 Å². The molecule has 1 aromatic rings. The molecule has 0 aliphatic heterocycles. The van der Waals surface area contributed by atoms with Gasteiger partial charge < -0.3 is 0 Å². The van der Waals surface area contributed by atoms with Gasteiger partial charge in [0.05, 0.1) is 0 Å². The Morgan fingerprint density at radius 1 is 0.750 bits per heavy atom. The molecule has 0 atom stereocenters. The second-order valence-corrected chi connectivity index (χ2v) is 3.44. The van der Waals surface area contributed by atoms with E-state index in [1.165, 1.54) is 12.2 Å². The Morgan fingerprint density at radius 2 is 1.05 bits per heavy atom. The predicted molar refractivity (Wildman–Crippen MR) is 85.2 cm³/mol. The Bertz CT molecular complexity index is 499. The predicted octanol–water partition coefficient (Wildman–Crippen LogP) is 4.79. The number of carbonyl (C=O) groups is 2. The molecular weight excluding hydrogens is 248 g/mol. The van der Waals surface area contributed by atoms with Gasteiger partial charge in [-0.25, -0.2) is 0 Å². The molecule has 0 bridgehead atoms. The van der Waals surface area contributed by atoms with Gasteiger partial charge in [-0.15, -0.1) is 0 Å². The van der Waals surface area contributed by atoms with Crippen LogP contribution in [-0.4, -0.2) is 11.6 Å². The van der Waals surface area contributed by atoms with E-state index in [1.807, 2.05) is 27.7 Å². The van der Waals surface area contributed by atoms with Gasteiger partial charge in [0.15, 0.2) is 11.6 Å². The van der Waals surface area contributed by atoms with E-state index in [1.54, 1.807) is 24.3 Å². The molecule has 1 aliphatic rings. The zero-order chi connectivity index (χ0) is 15.7. The minimum absolute atomic E-state index is 0.167. The van der Waals surface area contributed by atoms with Crippen LogP contribution in [0.5, 0.6) is 0 Å². The van der Waals surface area contributed by atoms with E-state index in [0.717, 1.165) is 0 Å². The van der Waals surface area contributed by atoms with Crippen molar-refractivity contribution in [1.29, 1.82) is 0 Å². The summed E-state index contributed by atoms with van der Waals surface area (Å²) >= 11 is 0. The lowest BCUT2D eigenvalue weighted by atomic mass is 9.84. The molecule has 2 nitrogen and oxygen atoms in total. The summed E-state index contributed by atoms with van der Waals surface area (Å²) < 4.78 is 0. The van der Waals surface area contributed by atoms with Gasteiger partial charge in [0, 0.05) is 22.3 Å². The maximum Gasteiger partial charge on any atom is 0.194 e. The summed E-state index contributed by atoms with van der Waals surface area (Å²) in [6.07, 6.45) is 2.82. The van der Waals surface area contributed by atoms with Crippen LogP contribution >= 0.6 is 0 Å². The van der Waals surface area contributed by atoms with E-state index in [9.17, 15) is 9.59 Å². The minimum atomic E-state index is -0.167. The molecule has 0 aromatic heterocycles. The third-order valence-corrected chi connectivity index (χ3v) is 2.60. The van der Waals surface area contributed by atoms with Gasteiger partial charge in [-0.3, -0.25) is 9.59 Å². The number of Topliss-reactive ketones (excluding diaryl/α,β-unsaturated/α-hetero) is 2. The maximum atomic E-state index is 12.0. The van der Waals surface area contributed by atoms with Crippen molar-refractivity contribution in [2.24, 2.45) is 0 Å². The van der Waals surface area contributed by atoms with Gasteiger partial charge in [-0.2, -0.15) is 0 Å². The Balaban J connectivity index is 0.000000829. The first-order valence-corrected chi connectivity index (χ1v) is 6.88. The molecule has 1 aromatic carbocycles. The van der Waals surface area contributed by atoms with E-state index in [-0.39, 0.29) is 11.6 Å². The number of rotatable bonds is 2. The van der Waals surface area contributed by atoms with Crippen LogP contribution in [0.2, 0.25) is 0 Å². The summed E-state index contributed by atoms with van der Waals surface area (Å²) in [7, 11) is 0. The van der Waals surface area contributed by atoms with Crippen LogP contribution < -0.4 is 0 Å². The summed E-state index contributed by atoms with van der Waals surface area (Å²) in [4.78, 5) is 24.1. The van der Waals surface area contributed by atoms with Gasteiger partial charge in [-0.1, -0.05) is 77.3 Å². The number of hydrogen-bond donors (Lipinski definition) is 0. The van der Waals surface area contributed by atoms with Crippen molar-refractivity contribution >= 4 is 11.6 Å². The molecule has 1 aliphatic carbocycles. The molecule has 2 rings (SSSR count). The number of ketones is 2. The highest BCUT2D eigenvalue weighted by molar-refractivity contribution is 6.28. The second kappa shape index (κ2) is 8.81. The van der Waals surface area contributed by atoms with Crippen LogP contribution in [0.1, 0.15) is 48.4 Å². The van der Waals surface area contributed by atoms with Gasteiger partial charge in [0.1, 0.15) is 0 Å². The van der Waals surface area contributed by atoms with Crippen molar-refractivity contribution in [3.05, 3.63) is 71.8 Å². The Labute approximate surface area is 121 Å². The van der Waals surface area contributed by atoms with Crippen molar-refractivity contribution in [2.45, 2.75) is 27.7 Å². The molecule has 0 heterocycles. The van der Waals surface area contributed by atoms with Crippen LogP contribution in [0, 0.1) is 0 Å². The summed E-state index contributed by atoms with van der Waals surface area (Å²) in [5.41, 5.74) is 1.54. The molecule has 20 heavy (non-hydrogen) atoms. The average molecular weight is 270 g/mol. The molecule has 0 amide bonds. The van der Waals surface area contributed by atoms with Crippen molar-refractivity contribution in [1.82, 2.24) is 0 Å². The van der Waals surface area contributed by atoms with Crippen LogP contribution in [0.15, 0.2) is 60.7 Å². The molecule has 0 unspecified atom stereocenters. The molecule has 106 valence electrons. The Hall–Kier alpha value is -2.22. The fourth-order valence-corrected chi connectivity index (χ4v) is 1.82. The third kappa shape index (κ3) is 3.21. The fraction of sp³-hybridized carbons (Fsp3) is 0.222. The summed E-state index contributed by atoms with van der Waals surface area (Å²) in [5.74, 6) is -0.333. The smallest absolute Gasteiger partial charge is 0.194 e. The topological polar surface area (TPSA) is 34.1 Å². The van der Waals surface area contributed by atoms with E-state index in [2.05, 4.69) is 13.2 Å². The second-order valence-electron chi connectivity index (χ2n) is 3.44. The number of benzene rings is 1. The SMILES string of the molecule is C=CC1=C(C=C)C(=O)c2ccccc2C1=O.CC.CC. The zero-order valence-electron chi connectivity index (χ0n) is 12.7. The molecule has 0 saturated carbocycles. The van der Waals surface area contributed by atoms with Gasteiger partial charge in [-0.05, 0) is 0 Å². The minimum Gasteiger partial charge on any atom is -0.289 e. The van der Waals surface area contributed by atoms with Crippen LogP contribution in [0.4, 0.5) is 0 Å². The Morgan fingerprint density at radius 3 is 1.30 bits per heavy atom. The van der Waals surface area contributed by atoms with Crippen LogP contribution in [0.3, 0.4) is 0 Å². The van der Waals surface area contributed by atoms with Crippen LogP contribution in [0.25, 0.3) is 0 Å². The van der Waals surface area contributed by atoms with Gasteiger partial charge >= 0.3 is 0 Å². The number of hydrogen-bond acceptors (Lipinski definition) is 2. The van der Waals surface area contributed by atoms with Crippen molar-refractivity contribution in [3.8, 4) is 0 Å². The first-order chi connectivity index (χ1) is 9.70. The highest BCUT2D eigenvalue weighted by atomic mass is 16.1. The highest BCUT2D eigenvalue weighted by Gasteiger charge is 2.28. The first-order valence-electron chi connectivity index (χ1n) is 6.88. The molecule has 0 N–H and O–H groups in total. The van der Waals surface area contributed by atoms with E-state index in [0.29, 0.717) is 22.3 Å². The number of fused-ring (bicyclic) bond motifs is 1. The molecule has 0 spiro atoms. The lowest BCUT2D eigenvalue weighted by Crippen LogP contribution is -2.20. The molecule has 0 saturated heterocycles. The lowest BCUT2D eigenvalue weighted by Gasteiger charge is -2.16. The van der Waals surface area contributed by atoms with E-state index in [4.69, 9.17) is 0 Å².